The van der Waals surface area contributed by atoms with Gasteiger partial charge in [-0.25, -0.2) is 4.98 Å². The Balaban J connectivity index is 1.42. The predicted octanol–water partition coefficient (Wildman–Crippen LogP) is 4.25. The van der Waals surface area contributed by atoms with E-state index in [4.69, 9.17) is 4.42 Å². The summed E-state index contributed by atoms with van der Waals surface area (Å²) in [6, 6.07) is 18.2. The highest BCUT2D eigenvalue weighted by molar-refractivity contribution is 6.08. The number of anilines is 1. The first-order valence-corrected chi connectivity index (χ1v) is 9.58. The van der Waals surface area contributed by atoms with Crippen molar-refractivity contribution in [3.63, 3.8) is 0 Å². The lowest BCUT2D eigenvalue weighted by Crippen LogP contribution is -2.49. The van der Waals surface area contributed by atoms with Gasteiger partial charge >= 0.3 is 0 Å². The third-order valence-corrected chi connectivity index (χ3v) is 5.56. The summed E-state index contributed by atoms with van der Waals surface area (Å²) in [5.74, 6) is 1.39. The second-order valence-corrected chi connectivity index (χ2v) is 7.19. The molecule has 0 bridgehead atoms. The van der Waals surface area contributed by atoms with E-state index in [0.29, 0.717) is 18.8 Å². The molecule has 0 unspecified atom stereocenters. The molecule has 140 valence electrons. The number of carbonyl (C=O) groups is 1. The number of carbonyl (C=O) groups excluding carboxylic acids is 1. The zero-order chi connectivity index (χ0) is 19.1. The molecule has 1 aliphatic heterocycles. The van der Waals surface area contributed by atoms with Gasteiger partial charge in [-0.05, 0) is 24.4 Å². The summed E-state index contributed by atoms with van der Waals surface area (Å²) in [7, 11) is 0. The molecule has 1 aliphatic rings. The van der Waals surface area contributed by atoms with Crippen LogP contribution in [0, 0.1) is 6.92 Å². The highest BCUT2D eigenvalue weighted by atomic mass is 16.3. The Kier molecular flexibility index (Phi) is 4.01. The fourth-order valence-electron chi connectivity index (χ4n) is 3.98. The fourth-order valence-corrected chi connectivity index (χ4v) is 3.98. The van der Waals surface area contributed by atoms with E-state index in [0.717, 1.165) is 46.2 Å². The molecule has 0 spiro atoms. The number of hydrogen-bond acceptors (Lipinski definition) is 4. The van der Waals surface area contributed by atoms with Gasteiger partial charge in [-0.3, -0.25) is 4.79 Å². The average Bonchev–Trinajstić information content (AvgIpc) is 3.11. The predicted molar refractivity (Wildman–Crippen MR) is 111 cm³/mol. The second-order valence-electron chi connectivity index (χ2n) is 7.19. The molecular weight excluding hydrogens is 350 g/mol. The molecule has 1 amide bonds. The van der Waals surface area contributed by atoms with Crippen molar-refractivity contribution in [3.05, 3.63) is 72.1 Å². The molecule has 0 N–H and O–H groups in total. The zero-order valence-electron chi connectivity index (χ0n) is 15.8. The Bertz CT molecular complexity index is 1160. The van der Waals surface area contributed by atoms with E-state index in [1.165, 1.54) is 0 Å². The maximum absolute atomic E-state index is 13.2. The molecule has 0 radical (unpaired) electrons. The Labute approximate surface area is 163 Å². The average molecular weight is 371 g/mol. The fraction of sp³-hybridized carbons (Fsp3) is 0.217. The summed E-state index contributed by atoms with van der Waals surface area (Å²) in [4.78, 5) is 21.7. The number of piperazine rings is 1. The topological polar surface area (TPSA) is 49.6 Å². The molecule has 28 heavy (non-hydrogen) atoms. The molecule has 0 atom stereocenters. The number of benzene rings is 2. The van der Waals surface area contributed by atoms with Crippen LogP contribution in [0.4, 0.5) is 5.82 Å². The van der Waals surface area contributed by atoms with E-state index in [-0.39, 0.29) is 5.91 Å². The minimum atomic E-state index is -0.0292. The summed E-state index contributed by atoms with van der Waals surface area (Å²) in [6.07, 6.45) is 1.80. The minimum Gasteiger partial charge on any atom is -0.450 e. The number of amides is 1. The van der Waals surface area contributed by atoms with Crippen molar-refractivity contribution in [2.45, 2.75) is 6.92 Å². The van der Waals surface area contributed by atoms with Crippen molar-refractivity contribution in [1.29, 1.82) is 0 Å². The summed E-state index contributed by atoms with van der Waals surface area (Å²) in [5.41, 5.74) is 1.71. The molecule has 0 saturated carbocycles. The molecule has 3 heterocycles. The second kappa shape index (κ2) is 6.68. The summed E-state index contributed by atoms with van der Waals surface area (Å²) >= 11 is 0. The number of furan rings is 1. The van der Waals surface area contributed by atoms with Crippen molar-refractivity contribution in [3.8, 4) is 0 Å². The van der Waals surface area contributed by atoms with Gasteiger partial charge in [-0.1, -0.05) is 42.5 Å². The molecule has 5 nitrogen and oxygen atoms in total. The van der Waals surface area contributed by atoms with Crippen LogP contribution < -0.4 is 4.90 Å². The van der Waals surface area contributed by atoms with Gasteiger partial charge in [0.05, 0.1) is 0 Å². The third-order valence-electron chi connectivity index (χ3n) is 5.56. The van der Waals surface area contributed by atoms with Crippen LogP contribution in [-0.4, -0.2) is 42.0 Å². The lowest BCUT2D eigenvalue weighted by Gasteiger charge is -2.35. The molecule has 5 rings (SSSR count). The maximum atomic E-state index is 13.2. The summed E-state index contributed by atoms with van der Waals surface area (Å²) in [6.45, 7) is 4.83. The first kappa shape index (κ1) is 16.8. The number of rotatable bonds is 2. The van der Waals surface area contributed by atoms with Crippen molar-refractivity contribution in [2.24, 2.45) is 0 Å². The van der Waals surface area contributed by atoms with Crippen LogP contribution in [0.3, 0.4) is 0 Å². The molecule has 1 saturated heterocycles. The van der Waals surface area contributed by atoms with Gasteiger partial charge < -0.3 is 14.2 Å². The van der Waals surface area contributed by atoms with Crippen LogP contribution in [0.25, 0.3) is 21.7 Å². The first-order chi connectivity index (χ1) is 13.7. The monoisotopic (exact) mass is 371 g/mol. The maximum Gasteiger partial charge on any atom is 0.290 e. The molecule has 2 aromatic heterocycles. The van der Waals surface area contributed by atoms with E-state index in [1.807, 2.05) is 54.3 Å². The molecular formula is C23H21N3O2. The lowest BCUT2D eigenvalue weighted by molar-refractivity contribution is 0.0716. The van der Waals surface area contributed by atoms with Gasteiger partial charge in [0.25, 0.3) is 5.91 Å². The molecule has 1 fully saturated rings. The molecule has 2 aromatic carbocycles. The number of fused-ring (bicyclic) bond motifs is 3. The van der Waals surface area contributed by atoms with E-state index < -0.39 is 0 Å². The quantitative estimate of drug-likeness (QED) is 0.528. The first-order valence-electron chi connectivity index (χ1n) is 9.58. The number of hydrogen-bond donors (Lipinski definition) is 0. The van der Waals surface area contributed by atoms with Crippen LogP contribution in [0.2, 0.25) is 0 Å². The van der Waals surface area contributed by atoms with Gasteiger partial charge in [0.1, 0.15) is 11.4 Å². The lowest BCUT2D eigenvalue weighted by atomic mass is 10.1. The van der Waals surface area contributed by atoms with Crippen LogP contribution in [0.1, 0.15) is 16.1 Å². The molecule has 0 aliphatic carbocycles. The van der Waals surface area contributed by atoms with Gasteiger partial charge in [0.2, 0.25) is 0 Å². The molecule has 5 heteroatoms. The van der Waals surface area contributed by atoms with E-state index >= 15 is 0 Å². The smallest absolute Gasteiger partial charge is 0.290 e. The molecule has 4 aromatic rings. The number of pyridine rings is 1. The van der Waals surface area contributed by atoms with Crippen molar-refractivity contribution < 1.29 is 9.21 Å². The van der Waals surface area contributed by atoms with E-state index in [1.54, 1.807) is 6.20 Å². The van der Waals surface area contributed by atoms with Gasteiger partial charge in [-0.15, -0.1) is 0 Å². The Morgan fingerprint density at radius 2 is 1.71 bits per heavy atom. The Morgan fingerprint density at radius 1 is 0.929 bits per heavy atom. The largest absolute Gasteiger partial charge is 0.450 e. The van der Waals surface area contributed by atoms with Crippen molar-refractivity contribution in [2.75, 3.05) is 31.1 Å². The van der Waals surface area contributed by atoms with Crippen molar-refractivity contribution >= 4 is 33.5 Å². The SMILES string of the molecule is Cc1c(C(=O)N2CCN(c3ccccn3)CC2)oc2c1ccc1ccccc12. The van der Waals surface area contributed by atoms with Gasteiger partial charge in [-0.2, -0.15) is 0 Å². The van der Waals surface area contributed by atoms with Crippen LogP contribution >= 0.6 is 0 Å². The summed E-state index contributed by atoms with van der Waals surface area (Å²) < 4.78 is 6.12. The highest BCUT2D eigenvalue weighted by Gasteiger charge is 2.27. The number of aryl methyl sites for hydroxylation is 1. The normalized spacial score (nSPS) is 14.8. The Morgan fingerprint density at radius 3 is 2.50 bits per heavy atom. The van der Waals surface area contributed by atoms with Crippen LogP contribution in [0.15, 0.2) is 65.2 Å². The highest BCUT2D eigenvalue weighted by Crippen LogP contribution is 2.32. The van der Waals surface area contributed by atoms with E-state index in [9.17, 15) is 4.79 Å². The minimum absolute atomic E-state index is 0.0292. The van der Waals surface area contributed by atoms with Gasteiger partial charge in [0.15, 0.2) is 5.76 Å². The van der Waals surface area contributed by atoms with Gasteiger partial charge in [0, 0.05) is 48.7 Å². The van der Waals surface area contributed by atoms with Crippen LogP contribution in [0.5, 0.6) is 0 Å². The van der Waals surface area contributed by atoms with E-state index in [2.05, 4.69) is 22.0 Å². The number of aromatic nitrogens is 1. The number of nitrogens with zero attached hydrogens (tertiary/aromatic N) is 3. The van der Waals surface area contributed by atoms with Crippen molar-refractivity contribution in [1.82, 2.24) is 9.88 Å². The van der Waals surface area contributed by atoms with Crippen LogP contribution in [-0.2, 0) is 0 Å². The summed E-state index contributed by atoms with van der Waals surface area (Å²) in [5, 5.41) is 3.17. The zero-order valence-corrected chi connectivity index (χ0v) is 15.8. The standard InChI is InChI=1S/C23H21N3O2/c1-16-18-10-9-17-6-2-3-7-19(17)22(18)28-21(16)23(27)26-14-12-25(13-15-26)20-8-4-5-11-24-20/h2-11H,12-15H2,1H3. The third kappa shape index (κ3) is 2.71. The Hall–Kier alpha value is -3.34.